The van der Waals surface area contributed by atoms with E-state index in [1.807, 2.05) is 13.8 Å². The van der Waals surface area contributed by atoms with E-state index in [-0.39, 0.29) is 21.8 Å². The number of sulfonamides is 1. The Morgan fingerprint density at radius 2 is 1.96 bits per heavy atom. The first kappa shape index (κ1) is 18.0. The average molecular weight is 417 g/mol. The Bertz CT molecular complexity index is 803. The summed E-state index contributed by atoms with van der Waals surface area (Å²) in [5.41, 5.74) is 0.560. The zero-order valence-corrected chi connectivity index (χ0v) is 15.9. The molecule has 0 saturated carbocycles. The fraction of sp³-hybridized carbons (Fsp3) is 0.267. The van der Waals surface area contributed by atoms with Gasteiger partial charge in [-0.2, -0.15) is 0 Å². The van der Waals surface area contributed by atoms with Crippen molar-refractivity contribution in [3.8, 4) is 0 Å². The topological polar surface area (TPSA) is 75.3 Å². The summed E-state index contributed by atoms with van der Waals surface area (Å²) in [4.78, 5) is 12.3. The van der Waals surface area contributed by atoms with Crippen molar-refractivity contribution in [2.24, 2.45) is 0 Å². The van der Waals surface area contributed by atoms with Crippen LogP contribution in [0.3, 0.4) is 0 Å². The number of halogens is 1. The van der Waals surface area contributed by atoms with Gasteiger partial charge < -0.3 is 5.32 Å². The predicted molar refractivity (Wildman–Crippen MR) is 96.5 cm³/mol. The van der Waals surface area contributed by atoms with Crippen LogP contribution in [0, 0.1) is 0 Å². The van der Waals surface area contributed by atoms with E-state index >= 15 is 0 Å². The van der Waals surface area contributed by atoms with Crippen LogP contribution in [0.5, 0.6) is 0 Å². The highest BCUT2D eigenvalue weighted by Gasteiger charge is 2.20. The summed E-state index contributed by atoms with van der Waals surface area (Å²) >= 11 is 4.35. The Kier molecular flexibility index (Phi) is 5.83. The minimum Gasteiger partial charge on any atom is -0.350 e. The third kappa shape index (κ3) is 4.55. The van der Waals surface area contributed by atoms with E-state index in [1.54, 1.807) is 30.3 Å². The second-order valence-corrected chi connectivity index (χ2v) is 9.36. The normalized spacial score (nSPS) is 12.7. The summed E-state index contributed by atoms with van der Waals surface area (Å²) < 4.78 is 28.2. The number of anilines is 1. The van der Waals surface area contributed by atoms with Crippen molar-refractivity contribution < 1.29 is 13.2 Å². The van der Waals surface area contributed by atoms with Crippen LogP contribution in [0.2, 0.25) is 0 Å². The molecule has 124 valence electrons. The van der Waals surface area contributed by atoms with Gasteiger partial charge in [-0.05, 0) is 53.5 Å². The van der Waals surface area contributed by atoms with Crippen molar-refractivity contribution in [1.82, 2.24) is 5.32 Å². The maximum atomic E-state index is 12.4. The number of hydrogen-bond donors (Lipinski definition) is 2. The Labute approximate surface area is 148 Å². The highest BCUT2D eigenvalue weighted by atomic mass is 79.9. The Hall–Kier alpha value is -1.38. The number of nitrogens with one attached hydrogen (secondary N) is 2. The van der Waals surface area contributed by atoms with E-state index in [0.29, 0.717) is 5.56 Å². The first-order valence-corrected chi connectivity index (χ1v) is 10.1. The largest absolute Gasteiger partial charge is 0.350 e. The molecule has 2 aromatic rings. The number of rotatable bonds is 6. The maximum Gasteiger partial charge on any atom is 0.271 e. The lowest BCUT2D eigenvalue weighted by Crippen LogP contribution is -2.32. The molecule has 0 bridgehead atoms. The number of carbonyl (C=O) groups excluding carboxylic acids is 1. The van der Waals surface area contributed by atoms with Crippen LogP contribution >= 0.6 is 27.3 Å². The summed E-state index contributed by atoms with van der Waals surface area (Å²) in [5.74, 6) is -0.301. The van der Waals surface area contributed by atoms with Crippen LogP contribution in [-0.2, 0) is 10.0 Å². The van der Waals surface area contributed by atoms with Crippen molar-refractivity contribution in [1.29, 1.82) is 0 Å². The number of amides is 1. The molecular formula is C15H17BrN2O3S2. The maximum absolute atomic E-state index is 12.4. The van der Waals surface area contributed by atoms with Crippen LogP contribution in [0.15, 0.2) is 44.4 Å². The molecule has 0 aliphatic rings. The summed E-state index contributed by atoms with van der Waals surface area (Å²) in [5, 5.41) is 2.84. The Morgan fingerprint density at radius 3 is 2.57 bits per heavy atom. The van der Waals surface area contributed by atoms with E-state index in [9.17, 15) is 13.2 Å². The van der Waals surface area contributed by atoms with E-state index < -0.39 is 10.0 Å². The summed E-state index contributed by atoms with van der Waals surface area (Å²) in [6.07, 6.45) is 0.795. The van der Waals surface area contributed by atoms with Crippen molar-refractivity contribution in [2.75, 3.05) is 4.72 Å². The van der Waals surface area contributed by atoms with Gasteiger partial charge in [0.25, 0.3) is 15.9 Å². The average Bonchev–Trinajstić information content (AvgIpc) is 2.94. The van der Waals surface area contributed by atoms with Crippen LogP contribution < -0.4 is 10.0 Å². The van der Waals surface area contributed by atoms with E-state index in [2.05, 4.69) is 26.0 Å². The lowest BCUT2D eigenvalue weighted by molar-refractivity contribution is 0.0940. The van der Waals surface area contributed by atoms with Gasteiger partial charge in [0, 0.05) is 6.04 Å². The van der Waals surface area contributed by atoms with Gasteiger partial charge in [0.15, 0.2) is 0 Å². The molecule has 5 nitrogen and oxygen atoms in total. The van der Waals surface area contributed by atoms with Gasteiger partial charge in [-0.25, -0.2) is 8.42 Å². The molecule has 0 radical (unpaired) electrons. The monoisotopic (exact) mass is 416 g/mol. The lowest BCUT2D eigenvalue weighted by atomic mass is 10.1. The number of thiophene rings is 1. The number of carbonyl (C=O) groups is 1. The Morgan fingerprint density at radius 1 is 1.26 bits per heavy atom. The van der Waals surface area contributed by atoms with Gasteiger partial charge in [-0.1, -0.05) is 19.1 Å². The molecule has 0 saturated heterocycles. The molecule has 1 aromatic carbocycles. The molecule has 0 aliphatic heterocycles. The highest BCUT2D eigenvalue weighted by molar-refractivity contribution is 9.11. The molecule has 1 atom stereocenters. The van der Waals surface area contributed by atoms with Crippen LogP contribution in [-0.4, -0.2) is 20.4 Å². The molecule has 0 spiro atoms. The van der Waals surface area contributed by atoms with Crippen molar-refractivity contribution >= 4 is 48.9 Å². The fourth-order valence-corrected chi connectivity index (χ4v) is 4.90. The zero-order valence-electron chi connectivity index (χ0n) is 12.7. The third-order valence-corrected chi connectivity index (χ3v) is 6.70. The molecule has 0 aliphatic carbocycles. The second-order valence-electron chi connectivity index (χ2n) is 4.99. The first-order valence-electron chi connectivity index (χ1n) is 7.01. The SMILES string of the molecule is CC[C@@H](C)NC(=O)c1ccccc1NS(=O)(=O)c1ccc(Br)s1. The summed E-state index contributed by atoms with van der Waals surface area (Å²) in [7, 11) is -3.72. The van der Waals surface area contributed by atoms with Crippen LogP contribution in [0.25, 0.3) is 0 Å². The van der Waals surface area contributed by atoms with Gasteiger partial charge in [0.2, 0.25) is 0 Å². The molecule has 2 N–H and O–H groups in total. The molecule has 8 heteroatoms. The molecule has 1 aromatic heterocycles. The molecule has 2 rings (SSSR count). The molecule has 1 amide bonds. The smallest absolute Gasteiger partial charge is 0.271 e. The van der Waals surface area contributed by atoms with Crippen molar-refractivity contribution in [2.45, 2.75) is 30.5 Å². The van der Waals surface area contributed by atoms with Gasteiger partial charge in [-0.3, -0.25) is 9.52 Å². The Balaban J connectivity index is 2.29. The van der Waals surface area contributed by atoms with Gasteiger partial charge in [0.05, 0.1) is 15.0 Å². The van der Waals surface area contributed by atoms with Crippen molar-refractivity contribution in [3.63, 3.8) is 0 Å². The zero-order chi connectivity index (χ0) is 17.0. The molecule has 0 fully saturated rings. The van der Waals surface area contributed by atoms with Gasteiger partial charge in [0.1, 0.15) is 4.21 Å². The van der Waals surface area contributed by atoms with E-state index in [1.165, 1.54) is 6.07 Å². The fourth-order valence-electron chi connectivity index (χ4n) is 1.81. The minimum absolute atomic E-state index is 0.0143. The number of benzene rings is 1. The molecule has 0 unspecified atom stereocenters. The van der Waals surface area contributed by atoms with Gasteiger partial charge in [-0.15, -0.1) is 11.3 Å². The van der Waals surface area contributed by atoms with Crippen molar-refractivity contribution in [3.05, 3.63) is 45.7 Å². The van der Waals surface area contributed by atoms with Crippen LogP contribution in [0.1, 0.15) is 30.6 Å². The van der Waals surface area contributed by atoms with E-state index in [0.717, 1.165) is 21.5 Å². The summed E-state index contributed by atoms with van der Waals surface area (Å²) in [6.45, 7) is 3.86. The van der Waals surface area contributed by atoms with Crippen LogP contribution in [0.4, 0.5) is 5.69 Å². The standard InChI is InChI=1S/C15H17BrN2O3S2/c1-3-10(2)17-15(19)11-6-4-5-7-12(11)18-23(20,21)14-9-8-13(16)22-14/h4-10,18H,3H2,1-2H3,(H,17,19)/t10-/m1/s1. The van der Waals surface area contributed by atoms with Gasteiger partial charge >= 0.3 is 0 Å². The van der Waals surface area contributed by atoms with E-state index in [4.69, 9.17) is 0 Å². The predicted octanol–water partition coefficient (Wildman–Crippen LogP) is 3.84. The summed E-state index contributed by atoms with van der Waals surface area (Å²) in [6, 6.07) is 9.75. The lowest BCUT2D eigenvalue weighted by Gasteiger charge is -2.15. The highest BCUT2D eigenvalue weighted by Crippen LogP contribution is 2.28. The number of hydrogen-bond acceptors (Lipinski definition) is 4. The molecule has 23 heavy (non-hydrogen) atoms. The molecule has 1 heterocycles. The minimum atomic E-state index is -3.72. The first-order chi connectivity index (χ1) is 10.8. The number of para-hydroxylation sites is 1. The second kappa shape index (κ2) is 7.46. The quantitative estimate of drug-likeness (QED) is 0.750. The molecular weight excluding hydrogens is 400 g/mol. The third-order valence-electron chi connectivity index (χ3n) is 3.22.